The molecule has 1 amide bonds. The number of carbonyl (C=O) groups excluding carboxylic acids is 2. The molecule has 5 N–H and O–H groups in total. The lowest BCUT2D eigenvalue weighted by Gasteiger charge is -2.37. The average molecular weight is 636 g/mol. The number of rotatable bonds is 11. The SMILES string of the molecule is COc1cc2c(c(OC)c1OC)-c1ccc(OC)c(=O)cc1[C@@H](NC(=O)COCC(=O)OC[C@H]1OC(O)[C@@H](O)[C@@H](O)[C@@H]1O)CC2. The molecule has 0 spiro atoms. The number of fused-ring (bicyclic) bond motifs is 3. The van der Waals surface area contributed by atoms with Gasteiger partial charge >= 0.3 is 5.97 Å². The quantitative estimate of drug-likeness (QED) is 0.192. The van der Waals surface area contributed by atoms with Gasteiger partial charge in [0.1, 0.15) is 44.2 Å². The van der Waals surface area contributed by atoms with Crippen molar-refractivity contribution in [2.45, 2.75) is 49.6 Å². The lowest BCUT2D eigenvalue weighted by molar-refractivity contribution is -0.287. The molecule has 0 bridgehead atoms. The van der Waals surface area contributed by atoms with Gasteiger partial charge < -0.3 is 58.9 Å². The molecular weight excluding hydrogens is 598 g/mol. The summed E-state index contributed by atoms with van der Waals surface area (Å²) >= 11 is 0. The number of ether oxygens (including phenoxy) is 7. The van der Waals surface area contributed by atoms with E-state index in [0.717, 1.165) is 5.56 Å². The Labute approximate surface area is 258 Å². The predicted molar refractivity (Wildman–Crippen MR) is 154 cm³/mol. The number of hydrogen-bond donors (Lipinski definition) is 5. The fourth-order valence-electron chi connectivity index (χ4n) is 5.37. The second-order valence-corrected chi connectivity index (χ2v) is 10.3. The molecule has 0 radical (unpaired) electrons. The van der Waals surface area contributed by atoms with Crippen LogP contribution in [0.5, 0.6) is 23.0 Å². The van der Waals surface area contributed by atoms with Crippen LogP contribution in [0.15, 0.2) is 29.1 Å². The number of aliphatic hydroxyl groups excluding tert-OH is 4. The summed E-state index contributed by atoms with van der Waals surface area (Å²) in [7, 11) is 5.87. The lowest BCUT2D eigenvalue weighted by atomic mass is 9.95. The fraction of sp³-hybridized carbons (Fsp3) is 0.500. The highest BCUT2D eigenvalue weighted by atomic mass is 16.7. The minimum atomic E-state index is -1.78. The summed E-state index contributed by atoms with van der Waals surface area (Å²) in [4.78, 5) is 38.1. The maximum absolute atomic E-state index is 13.0. The first-order valence-corrected chi connectivity index (χ1v) is 14.0. The molecular formula is C30H37NO14. The summed E-state index contributed by atoms with van der Waals surface area (Å²) in [5, 5.41) is 41.7. The van der Waals surface area contributed by atoms with Crippen LogP contribution in [-0.4, -0.2) is 111 Å². The first kappa shape index (κ1) is 33.9. The molecule has 0 saturated carbocycles. The van der Waals surface area contributed by atoms with E-state index in [4.69, 9.17) is 33.2 Å². The van der Waals surface area contributed by atoms with Gasteiger partial charge in [-0.05, 0) is 47.7 Å². The Hall–Kier alpha value is -3.99. The predicted octanol–water partition coefficient (Wildman–Crippen LogP) is -0.789. The molecule has 246 valence electrons. The molecule has 1 aliphatic heterocycles. The Morgan fingerprint density at radius 3 is 2.27 bits per heavy atom. The van der Waals surface area contributed by atoms with E-state index in [0.29, 0.717) is 46.8 Å². The zero-order valence-electron chi connectivity index (χ0n) is 25.2. The van der Waals surface area contributed by atoms with Gasteiger partial charge in [0.15, 0.2) is 23.5 Å². The van der Waals surface area contributed by atoms with Gasteiger partial charge in [0.05, 0.1) is 34.5 Å². The van der Waals surface area contributed by atoms with Gasteiger partial charge in [-0.3, -0.25) is 9.59 Å². The van der Waals surface area contributed by atoms with E-state index in [9.17, 15) is 34.8 Å². The van der Waals surface area contributed by atoms with E-state index < -0.39 is 73.9 Å². The summed E-state index contributed by atoms with van der Waals surface area (Å²) < 4.78 is 37.2. The smallest absolute Gasteiger partial charge is 0.332 e. The molecule has 2 aromatic rings. The Bertz CT molecular complexity index is 1450. The van der Waals surface area contributed by atoms with Crippen molar-refractivity contribution in [3.63, 3.8) is 0 Å². The molecule has 15 heteroatoms. The van der Waals surface area contributed by atoms with Crippen LogP contribution in [-0.2, 0) is 30.2 Å². The van der Waals surface area contributed by atoms with Crippen LogP contribution < -0.4 is 29.7 Å². The van der Waals surface area contributed by atoms with E-state index in [1.807, 2.05) is 6.07 Å². The number of aryl methyl sites for hydroxylation is 1. The van der Waals surface area contributed by atoms with E-state index in [2.05, 4.69) is 5.32 Å². The number of benzene rings is 1. The molecule has 6 atom stereocenters. The standard InChI is InChI=1S/C30H37NO14/c1-39-19-8-6-15-16(10-18(19)32)17(7-5-14-9-20(40-2)28(41-3)29(42-4)24(14)15)31-22(33)12-43-13-23(34)44-11-21-25(35)26(36)27(37)30(38)45-21/h6,8-10,17,21,25-27,30,35-38H,5,7,11-13H2,1-4H3,(H,31,33)/t17-,21+,25+,26-,27-,30?/m0/s1. The van der Waals surface area contributed by atoms with Crippen LogP contribution in [0.4, 0.5) is 0 Å². The Kier molecular flexibility index (Phi) is 11.2. The van der Waals surface area contributed by atoms with Crippen molar-refractivity contribution in [2.75, 3.05) is 48.3 Å². The minimum Gasteiger partial charge on any atom is -0.493 e. The van der Waals surface area contributed by atoms with Crippen LogP contribution in [0.25, 0.3) is 11.1 Å². The van der Waals surface area contributed by atoms with Crippen LogP contribution in [0.2, 0.25) is 0 Å². The summed E-state index contributed by atoms with van der Waals surface area (Å²) in [6.45, 7) is -1.71. The number of amides is 1. The van der Waals surface area contributed by atoms with Crippen molar-refractivity contribution in [1.29, 1.82) is 0 Å². The van der Waals surface area contributed by atoms with Gasteiger partial charge in [0.2, 0.25) is 17.1 Å². The highest BCUT2D eigenvalue weighted by Gasteiger charge is 2.43. The molecule has 2 aromatic carbocycles. The maximum atomic E-state index is 13.0. The normalized spacial score (nSPS) is 23.9. The monoisotopic (exact) mass is 635 g/mol. The van der Waals surface area contributed by atoms with Crippen LogP contribution in [0, 0.1) is 0 Å². The van der Waals surface area contributed by atoms with Crippen molar-refractivity contribution in [3.05, 3.63) is 45.6 Å². The highest BCUT2D eigenvalue weighted by Crippen LogP contribution is 2.50. The third-order valence-corrected chi connectivity index (χ3v) is 7.60. The zero-order chi connectivity index (χ0) is 32.8. The van der Waals surface area contributed by atoms with Crippen molar-refractivity contribution in [3.8, 4) is 34.1 Å². The molecule has 15 nitrogen and oxygen atoms in total. The first-order chi connectivity index (χ1) is 21.5. The molecule has 1 aliphatic carbocycles. The molecule has 1 fully saturated rings. The number of carbonyl (C=O) groups is 2. The van der Waals surface area contributed by atoms with E-state index in [1.165, 1.54) is 34.5 Å². The van der Waals surface area contributed by atoms with Crippen molar-refractivity contribution in [2.24, 2.45) is 0 Å². The maximum Gasteiger partial charge on any atom is 0.332 e. The molecule has 4 rings (SSSR count). The topological polar surface area (TPSA) is 209 Å². The van der Waals surface area contributed by atoms with E-state index >= 15 is 0 Å². The first-order valence-electron chi connectivity index (χ1n) is 14.0. The largest absolute Gasteiger partial charge is 0.493 e. The Balaban J connectivity index is 1.48. The van der Waals surface area contributed by atoms with Gasteiger partial charge in [-0.2, -0.15) is 0 Å². The Morgan fingerprint density at radius 2 is 1.60 bits per heavy atom. The third-order valence-electron chi connectivity index (χ3n) is 7.60. The number of methoxy groups -OCH3 is 4. The third kappa shape index (κ3) is 7.30. The summed E-state index contributed by atoms with van der Waals surface area (Å²) in [6, 6.07) is 5.83. The summed E-state index contributed by atoms with van der Waals surface area (Å²) in [5.74, 6) is -0.177. The van der Waals surface area contributed by atoms with Gasteiger partial charge in [0, 0.05) is 5.56 Å². The van der Waals surface area contributed by atoms with Crippen molar-refractivity contribution in [1.82, 2.24) is 5.32 Å². The van der Waals surface area contributed by atoms with Gasteiger partial charge in [-0.25, -0.2) is 4.79 Å². The van der Waals surface area contributed by atoms with Crippen LogP contribution in [0.3, 0.4) is 0 Å². The van der Waals surface area contributed by atoms with Gasteiger partial charge in [0.25, 0.3) is 0 Å². The molecule has 2 aliphatic rings. The number of esters is 1. The molecule has 1 heterocycles. The molecule has 0 aromatic heterocycles. The fourth-order valence-corrected chi connectivity index (χ4v) is 5.37. The molecule has 45 heavy (non-hydrogen) atoms. The van der Waals surface area contributed by atoms with Gasteiger partial charge in [-0.1, -0.05) is 6.07 Å². The number of aliphatic hydroxyl groups is 4. The summed E-state index contributed by atoms with van der Waals surface area (Å²) in [6.07, 6.45) is -7.27. The second-order valence-electron chi connectivity index (χ2n) is 10.3. The van der Waals surface area contributed by atoms with Gasteiger partial charge in [-0.15, -0.1) is 0 Å². The van der Waals surface area contributed by atoms with Crippen LogP contribution in [0.1, 0.15) is 23.6 Å². The number of nitrogens with one attached hydrogen (secondary N) is 1. The van der Waals surface area contributed by atoms with Crippen molar-refractivity contribution >= 4 is 11.9 Å². The van der Waals surface area contributed by atoms with Crippen molar-refractivity contribution < 1.29 is 63.2 Å². The van der Waals surface area contributed by atoms with Crippen LogP contribution >= 0.6 is 0 Å². The molecule has 1 unspecified atom stereocenters. The average Bonchev–Trinajstić information content (AvgIpc) is 3.28. The number of hydrogen-bond acceptors (Lipinski definition) is 14. The Morgan fingerprint density at radius 1 is 0.889 bits per heavy atom. The lowest BCUT2D eigenvalue weighted by Crippen LogP contribution is -2.58. The zero-order valence-corrected chi connectivity index (χ0v) is 25.2. The highest BCUT2D eigenvalue weighted by molar-refractivity contribution is 5.84. The van der Waals surface area contributed by atoms with E-state index in [1.54, 1.807) is 12.1 Å². The molecule has 1 saturated heterocycles. The minimum absolute atomic E-state index is 0.0994. The second kappa shape index (κ2) is 14.9. The van der Waals surface area contributed by atoms with E-state index in [-0.39, 0.29) is 5.75 Å². The summed E-state index contributed by atoms with van der Waals surface area (Å²) in [5.41, 5.74) is 2.20.